The molecular formula is C21H18N4O4S. The van der Waals surface area contributed by atoms with Gasteiger partial charge in [0.25, 0.3) is 10.0 Å². The minimum Gasteiger partial charge on any atom is -0.457 e. The molecule has 4 rings (SSSR count). The van der Waals surface area contributed by atoms with Gasteiger partial charge in [0.1, 0.15) is 11.5 Å². The number of aromatic nitrogens is 3. The van der Waals surface area contributed by atoms with Gasteiger partial charge in [-0.2, -0.15) is 8.42 Å². The van der Waals surface area contributed by atoms with Gasteiger partial charge < -0.3 is 14.3 Å². The van der Waals surface area contributed by atoms with Crippen LogP contribution in [0.3, 0.4) is 0 Å². The Bertz CT molecular complexity index is 1330. The Labute approximate surface area is 172 Å². The molecule has 0 unspecified atom stereocenters. The quantitative estimate of drug-likeness (QED) is 0.496. The molecule has 2 N–H and O–H groups in total. The molecule has 0 bridgehead atoms. The van der Waals surface area contributed by atoms with Gasteiger partial charge in [-0.25, -0.2) is 4.98 Å². The van der Waals surface area contributed by atoms with Crippen LogP contribution in [0.5, 0.6) is 11.5 Å². The molecule has 152 valence electrons. The van der Waals surface area contributed by atoms with Crippen LogP contribution >= 0.6 is 0 Å². The number of ether oxygens (including phenoxy) is 1. The highest BCUT2D eigenvalue weighted by atomic mass is 32.2. The molecule has 2 heterocycles. The maximum absolute atomic E-state index is 12.5. The maximum Gasteiger partial charge on any atom is 0.278 e. The smallest absolute Gasteiger partial charge is 0.278 e. The third-order valence-electron chi connectivity index (χ3n) is 4.36. The van der Waals surface area contributed by atoms with Crippen molar-refractivity contribution in [1.82, 2.24) is 14.5 Å². The summed E-state index contributed by atoms with van der Waals surface area (Å²) in [6.45, 7) is 0. The molecule has 0 radical (unpaired) electrons. The molecule has 0 fully saturated rings. The van der Waals surface area contributed by atoms with E-state index in [2.05, 4.69) is 14.7 Å². The minimum atomic E-state index is -3.82. The average molecular weight is 422 g/mol. The van der Waals surface area contributed by atoms with Gasteiger partial charge in [-0.15, -0.1) is 0 Å². The van der Waals surface area contributed by atoms with E-state index in [-0.39, 0.29) is 10.6 Å². The normalized spacial score (nSPS) is 11.2. The highest BCUT2D eigenvalue weighted by Crippen LogP contribution is 2.35. The van der Waals surface area contributed by atoms with Gasteiger partial charge in [0.05, 0.1) is 12.5 Å². The van der Waals surface area contributed by atoms with Crippen LogP contribution < -0.4 is 15.0 Å². The molecule has 4 aromatic rings. The van der Waals surface area contributed by atoms with Crippen molar-refractivity contribution in [3.8, 4) is 22.6 Å². The highest BCUT2D eigenvalue weighted by Gasteiger charge is 2.17. The van der Waals surface area contributed by atoms with E-state index in [9.17, 15) is 13.2 Å². The predicted molar refractivity (Wildman–Crippen MR) is 113 cm³/mol. The van der Waals surface area contributed by atoms with E-state index in [1.165, 1.54) is 23.2 Å². The van der Waals surface area contributed by atoms with Crippen molar-refractivity contribution < 1.29 is 13.2 Å². The first kappa shape index (κ1) is 19.5. The SMILES string of the molecule is Cn1cc(-c2cc(NS(=O)(=O)c3cnc[nH]3)ccc2Oc2ccccc2)ccc1=O. The van der Waals surface area contributed by atoms with Crippen molar-refractivity contribution >= 4 is 15.7 Å². The fraction of sp³-hybridized carbons (Fsp3) is 0.0476. The number of nitrogens with zero attached hydrogens (tertiary/aromatic N) is 2. The van der Waals surface area contributed by atoms with E-state index in [1.807, 2.05) is 30.3 Å². The first-order valence-electron chi connectivity index (χ1n) is 8.97. The lowest BCUT2D eigenvalue weighted by Crippen LogP contribution is -2.14. The lowest BCUT2D eigenvalue weighted by Gasteiger charge is -2.15. The second-order valence-electron chi connectivity index (χ2n) is 6.51. The van der Waals surface area contributed by atoms with Crippen molar-refractivity contribution in [2.24, 2.45) is 7.05 Å². The molecule has 0 aliphatic rings. The number of rotatable bonds is 6. The molecule has 0 amide bonds. The van der Waals surface area contributed by atoms with E-state index in [1.54, 1.807) is 37.5 Å². The Hall–Kier alpha value is -3.85. The van der Waals surface area contributed by atoms with E-state index in [0.29, 0.717) is 28.3 Å². The van der Waals surface area contributed by atoms with Crippen LogP contribution in [0.2, 0.25) is 0 Å². The van der Waals surface area contributed by atoms with Crippen molar-refractivity contribution in [2.75, 3.05) is 4.72 Å². The fourth-order valence-electron chi connectivity index (χ4n) is 2.88. The number of pyridine rings is 1. The molecule has 0 atom stereocenters. The van der Waals surface area contributed by atoms with Gasteiger partial charge >= 0.3 is 0 Å². The summed E-state index contributed by atoms with van der Waals surface area (Å²) in [5.41, 5.74) is 1.51. The summed E-state index contributed by atoms with van der Waals surface area (Å²) in [5.74, 6) is 1.15. The number of anilines is 1. The van der Waals surface area contributed by atoms with Crippen LogP contribution in [0.25, 0.3) is 11.1 Å². The molecule has 8 nitrogen and oxygen atoms in total. The lowest BCUT2D eigenvalue weighted by atomic mass is 10.1. The first-order valence-corrected chi connectivity index (χ1v) is 10.5. The van der Waals surface area contributed by atoms with Crippen molar-refractivity contribution in [2.45, 2.75) is 5.03 Å². The standard InChI is InChI=1S/C21H18N4O4S/c1-25-13-15(7-10-21(25)26)18-11-16(24-30(27,28)20-12-22-14-23-20)8-9-19(18)29-17-5-3-2-4-6-17/h2-14,24H,1H3,(H,22,23). The summed E-state index contributed by atoms with van der Waals surface area (Å²) in [6, 6.07) is 17.3. The maximum atomic E-state index is 12.5. The summed E-state index contributed by atoms with van der Waals surface area (Å²) in [7, 11) is -2.17. The zero-order valence-electron chi connectivity index (χ0n) is 15.9. The molecule has 2 aromatic heterocycles. The Morgan fingerprint density at radius 2 is 1.87 bits per heavy atom. The third kappa shape index (κ3) is 4.11. The summed E-state index contributed by atoms with van der Waals surface area (Å²) in [4.78, 5) is 18.1. The summed E-state index contributed by atoms with van der Waals surface area (Å²) in [6.07, 6.45) is 4.19. The number of hydrogen-bond acceptors (Lipinski definition) is 5. The van der Waals surface area contributed by atoms with Crippen molar-refractivity contribution in [3.63, 3.8) is 0 Å². The van der Waals surface area contributed by atoms with Crippen LogP contribution in [-0.4, -0.2) is 23.0 Å². The van der Waals surface area contributed by atoms with Gasteiger partial charge in [0.2, 0.25) is 5.56 Å². The molecule has 2 aromatic carbocycles. The summed E-state index contributed by atoms with van der Waals surface area (Å²) < 4.78 is 35.0. The van der Waals surface area contributed by atoms with Crippen LogP contribution in [0.15, 0.2) is 89.2 Å². The van der Waals surface area contributed by atoms with Crippen molar-refractivity contribution in [3.05, 3.63) is 89.7 Å². The number of aryl methyl sites for hydroxylation is 1. The highest BCUT2D eigenvalue weighted by molar-refractivity contribution is 7.92. The topological polar surface area (TPSA) is 106 Å². The van der Waals surface area contributed by atoms with Gasteiger partial charge in [-0.1, -0.05) is 18.2 Å². The number of aromatic amines is 1. The number of nitrogens with one attached hydrogen (secondary N) is 2. The van der Waals surface area contributed by atoms with Crippen LogP contribution in [-0.2, 0) is 17.1 Å². The first-order chi connectivity index (χ1) is 14.4. The van der Waals surface area contributed by atoms with E-state index >= 15 is 0 Å². The Balaban J connectivity index is 1.77. The third-order valence-corrected chi connectivity index (χ3v) is 5.67. The fourth-order valence-corrected chi connectivity index (χ4v) is 3.83. The number of para-hydroxylation sites is 1. The van der Waals surface area contributed by atoms with Crippen LogP contribution in [0.4, 0.5) is 5.69 Å². The molecule has 0 saturated heterocycles. The molecule has 0 spiro atoms. The summed E-state index contributed by atoms with van der Waals surface area (Å²) >= 11 is 0. The second kappa shape index (κ2) is 7.88. The van der Waals surface area contributed by atoms with E-state index < -0.39 is 10.0 Å². The van der Waals surface area contributed by atoms with Gasteiger partial charge in [0, 0.05) is 36.1 Å². The van der Waals surface area contributed by atoms with E-state index in [0.717, 1.165) is 0 Å². The Morgan fingerprint density at radius 1 is 1.07 bits per heavy atom. The van der Waals surface area contributed by atoms with E-state index in [4.69, 9.17) is 4.74 Å². The molecule has 0 saturated carbocycles. The molecular weight excluding hydrogens is 404 g/mol. The molecule has 9 heteroatoms. The zero-order chi connectivity index (χ0) is 21.1. The number of imidazole rings is 1. The predicted octanol–water partition coefficient (Wildman–Crippen LogP) is 3.37. The molecule has 30 heavy (non-hydrogen) atoms. The zero-order valence-corrected chi connectivity index (χ0v) is 16.8. The largest absolute Gasteiger partial charge is 0.457 e. The average Bonchev–Trinajstić information content (AvgIpc) is 3.28. The second-order valence-corrected chi connectivity index (χ2v) is 8.17. The Morgan fingerprint density at radius 3 is 2.57 bits per heavy atom. The summed E-state index contributed by atoms with van der Waals surface area (Å²) in [5, 5.41) is -0.0456. The molecule has 0 aliphatic heterocycles. The Kier molecular flexibility index (Phi) is 5.11. The van der Waals surface area contributed by atoms with Crippen LogP contribution in [0.1, 0.15) is 0 Å². The lowest BCUT2D eigenvalue weighted by molar-refractivity contribution is 0.484. The van der Waals surface area contributed by atoms with Crippen LogP contribution in [0, 0.1) is 0 Å². The van der Waals surface area contributed by atoms with Crippen molar-refractivity contribution in [1.29, 1.82) is 0 Å². The minimum absolute atomic E-state index is 0.0456. The van der Waals surface area contributed by atoms with Gasteiger partial charge in [-0.05, 0) is 36.4 Å². The number of hydrogen-bond donors (Lipinski definition) is 2. The number of sulfonamides is 1. The van der Waals surface area contributed by atoms with Gasteiger partial charge in [0.15, 0.2) is 5.03 Å². The number of H-pyrrole nitrogens is 1. The number of benzene rings is 2. The van der Waals surface area contributed by atoms with Gasteiger partial charge in [-0.3, -0.25) is 9.52 Å². The monoisotopic (exact) mass is 422 g/mol. The molecule has 0 aliphatic carbocycles.